The van der Waals surface area contributed by atoms with Crippen LogP contribution in [0.3, 0.4) is 0 Å². The Bertz CT molecular complexity index is 924. The van der Waals surface area contributed by atoms with Crippen LogP contribution in [0.4, 0.5) is 4.39 Å². The number of hydrogen-bond acceptors (Lipinski definition) is 11. The molecule has 0 amide bonds. The lowest BCUT2D eigenvalue weighted by atomic mass is 9.94. The number of amidine groups is 1. The van der Waals surface area contributed by atoms with Crippen LogP contribution in [-0.2, 0) is 31.6 Å². The van der Waals surface area contributed by atoms with Gasteiger partial charge in [-0.15, -0.1) is 0 Å². The first-order valence-corrected chi connectivity index (χ1v) is 12.8. The predicted molar refractivity (Wildman–Crippen MR) is 100 cm³/mol. The molecule has 0 radical (unpaired) electrons. The smallest absolute Gasteiger partial charge is 0.387 e. The molecule has 2 aliphatic rings. The molecule has 2 heterocycles. The topological polar surface area (TPSA) is 231 Å². The molecule has 0 aliphatic carbocycles. The van der Waals surface area contributed by atoms with Crippen LogP contribution in [0.5, 0.6) is 0 Å². The molecule has 2 aliphatic heterocycles. The largest absolute Gasteiger partial charge is 0.490 e. The fourth-order valence-electron chi connectivity index (χ4n) is 2.76. The SMILES string of the molecule is C=C1N=C(N)C=CN1[C@@H]1O[C@](CC)(COP(=O)(O)OP(=O)(O)OP(=O)(O)O)[C@@H](O)[C@H]1F. The van der Waals surface area contributed by atoms with Crippen LogP contribution in [0.2, 0.25) is 0 Å². The maximum Gasteiger partial charge on any atom is 0.490 e. The van der Waals surface area contributed by atoms with Gasteiger partial charge < -0.3 is 40.1 Å². The Hall–Kier alpha value is -0.990. The second-order valence-electron chi connectivity index (χ2n) is 6.36. The zero-order valence-electron chi connectivity index (χ0n) is 15.8. The van der Waals surface area contributed by atoms with E-state index < -0.39 is 54.2 Å². The summed E-state index contributed by atoms with van der Waals surface area (Å²) in [4.78, 5) is 40.8. The summed E-state index contributed by atoms with van der Waals surface area (Å²) in [7, 11) is -16.8. The molecule has 0 aromatic carbocycles. The van der Waals surface area contributed by atoms with Crippen molar-refractivity contribution in [3.05, 3.63) is 24.7 Å². The number of aliphatic hydroxyl groups is 1. The highest BCUT2D eigenvalue weighted by atomic mass is 31.3. The number of nitrogens with two attached hydrogens (primary N) is 1. The van der Waals surface area contributed by atoms with Gasteiger partial charge in [-0.2, -0.15) is 8.62 Å². The fraction of sp³-hybridized carbons (Fsp3) is 0.583. The molecule has 0 aromatic rings. The van der Waals surface area contributed by atoms with Crippen molar-refractivity contribution in [3.8, 4) is 0 Å². The number of aliphatic hydroxyl groups excluding tert-OH is 1. The van der Waals surface area contributed by atoms with Gasteiger partial charge in [-0.3, -0.25) is 4.52 Å². The first kappa shape index (κ1) is 26.3. The van der Waals surface area contributed by atoms with Crippen LogP contribution < -0.4 is 5.73 Å². The van der Waals surface area contributed by atoms with Gasteiger partial charge in [-0.1, -0.05) is 13.5 Å². The summed E-state index contributed by atoms with van der Waals surface area (Å²) in [6.07, 6.45) is -3.03. The van der Waals surface area contributed by atoms with E-state index in [4.69, 9.17) is 20.3 Å². The predicted octanol–water partition coefficient (Wildman–Crippen LogP) is 0.191. The molecule has 19 heteroatoms. The summed E-state index contributed by atoms with van der Waals surface area (Å²) in [5.74, 6) is 0.0734. The number of phosphoric acid groups is 3. The fourth-order valence-corrected chi connectivity index (χ4v) is 5.83. The normalized spacial score (nSPS) is 33.1. The number of halogens is 1. The number of nitrogens with zero attached hydrogens (tertiary/aromatic N) is 2. The van der Waals surface area contributed by atoms with Gasteiger partial charge in [0.15, 0.2) is 12.4 Å². The standard InChI is InChI=1S/C12H21FN3O12P3/c1-3-12(6-25-30(21,22)28-31(23,24)27-29(18,19)20)10(17)9(13)11(26-12)16-5-4-8(14)15-7(16)2/h4-5,9-11,17H,2-3,6H2,1H3,(H2,14,15)(H,21,22)(H,23,24)(H2,18,19,20)/t9-,10+,11-,12-/m1/s1. The lowest BCUT2D eigenvalue weighted by Crippen LogP contribution is -2.45. The van der Waals surface area contributed by atoms with E-state index in [0.717, 1.165) is 4.90 Å². The molecule has 0 aromatic heterocycles. The molecule has 15 nitrogen and oxygen atoms in total. The molecule has 1 fully saturated rings. The van der Waals surface area contributed by atoms with Crippen molar-refractivity contribution in [2.24, 2.45) is 10.7 Å². The van der Waals surface area contributed by atoms with Gasteiger partial charge in [0.1, 0.15) is 23.4 Å². The first-order valence-electron chi connectivity index (χ1n) is 8.29. The zero-order valence-corrected chi connectivity index (χ0v) is 18.5. The van der Waals surface area contributed by atoms with E-state index >= 15 is 0 Å². The Labute approximate surface area is 175 Å². The first-order chi connectivity index (χ1) is 14.0. The summed E-state index contributed by atoms with van der Waals surface area (Å²) < 4.78 is 66.1. The van der Waals surface area contributed by atoms with E-state index in [0.29, 0.717) is 0 Å². The Balaban J connectivity index is 2.14. The lowest BCUT2D eigenvalue weighted by Gasteiger charge is -2.33. The van der Waals surface area contributed by atoms with Crippen molar-refractivity contribution < 1.29 is 60.6 Å². The van der Waals surface area contributed by atoms with Gasteiger partial charge in [0.05, 0.1) is 6.61 Å². The second-order valence-corrected chi connectivity index (χ2v) is 10.8. The molecule has 6 atom stereocenters. The van der Waals surface area contributed by atoms with Crippen molar-refractivity contribution in [1.29, 1.82) is 0 Å². The minimum absolute atomic E-state index is 0.0142. The molecule has 2 unspecified atom stereocenters. The monoisotopic (exact) mass is 511 g/mol. The molecule has 2 rings (SSSR count). The summed E-state index contributed by atoms with van der Waals surface area (Å²) >= 11 is 0. The third kappa shape index (κ3) is 6.51. The molecule has 0 saturated carbocycles. The summed E-state index contributed by atoms with van der Waals surface area (Å²) in [5, 5.41) is 10.4. The zero-order chi connectivity index (χ0) is 23.8. The minimum Gasteiger partial charge on any atom is -0.387 e. The molecular weight excluding hydrogens is 490 g/mol. The number of hydrogen-bond donors (Lipinski definition) is 6. The van der Waals surface area contributed by atoms with E-state index in [-0.39, 0.29) is 18.1 Å². The Morgan fingerprint density at radius 1 is 1.29 bits per heavy atom. The van der Waals surface area contributed by atoms with Gasteiger partial charge in [-0.05, 0) is 12.5 Å². The third-order valence-electron chi connectivity index (χ3n) is 4.19. The molecular formula is C12H21FN3O12P3. The second kappa shape index (κ2) is 9.10. The van der Waals surface area contributed by atoms with E-state index in [1.54, 1.807) is 0 Å². The quantitative estimate of drug-likeness (QED) is 0.227. The van der Waals surface area contributed by atoms with Gasteiger partial charge in [-0.25, -0.2) is 23.1 Å². The van der Waals surface area contributed by atoms with Crippen molar-refractivity contribution >= 4 is 29.3 Å². The van der Waals surface area contributed by atoms with Crippen LogP contribution in [-0.4, -0.2) is 66.1 Å². The summed E-state index contributed by atoms with van der Waals surface area (Å²) in [5.41, 5.74) is 3.57. The molecule has 1 saturated heterocycles. The third-order valence-corrected chi connectivity index (χ3v) is 7.97. The number of rotatable bonds is 9. The lowest BCUT2D eigenvalue weighted by molar-refractivity contribution is -0.133. The van der Waals surface area contributed by atoms with E-state index in [9.17, 15) is 33.0 Å². The van der Waals surface area contributed by atoms with Crippen LogP contribution in [0, 0.1) is 0 Å². The van der Waals surface area contributed by atoms with Crippen molar-refractivity contribution in [3.63, 3.8) is 0 Å². The number of ether oxygens (including phenoxy) is 1. The van der Waals surface area contributed by atoms with Gasteiger partial charge in [0, 0.05) is 6.20 Å². The van der Waals surface area contributed by atoms with E-state index in [2.05, 4.69) is 24.7 Å². The molecule has 0 spiro atoms. The van der Waals surface area contributed by atoms with Crippen molar-refractivity contribution in [1.82, 2.24) is 4.90 Å². The number of aliphatic imine (C=N–C) groups is 1. The van der Waals surface area contributed by atoms with Gasteiger partial charge in [0.2, 0.25) is 0 Å². The van der Waals surface area contributed by atoms with Crippen molar-refractivity contribution in [2.75, 3.05) is 6.61 Å². The van der Waals surface area contributed by atoms with Crippen LogP contribution in [0.15, 0.2) is 29.7 Å². The average molecular weight is 511 g/mol. The molecule has 31 heavy (non-hydrogen) atoms. The van der Waals surface area contributed by atoms with E-state index in [1.165, 1.54) is 19.2 Å². The van der Waals surface area contributed by atoms with Crippen LogP contribution in [0.1, 0.15) is 13.3 Å². The van der Waals surface area contributed by atoms with Crippen LogP contribution in [0.25, 0.3) is 0 Å². The highest BCUT2D eigenvalue weighted by Crippen LogP contribution is 2.66. The average Bonchev–Trinajstić information content (AvgIpc) is 2.82. The number of alkyl halides is 1. The van der Waals surface area contributed by atoms with Crippen LogP contribution >= 0.6 is 23.5 Å². The van der Waals surface area contributed by atoms with Gasteiger partial charge in [0.25, 0.3) is 0 Å². The maximum atomic E-state index is 14.8. The summed E-state index contributed by atoms with van der Waals surface area (Å²) in [6, 6.07) is 0. The summed E-state index contributed by atoms with van der Waals surface area (Å²) in [6.45, 7) is 3.98. The Kier molecular flexibility index (Phi) is 7.71. The van der Waals surface area contributed by atoms with Gasteiger partial charge >= 0.3 is 23.5 Å². The molecule has 0 bridgehead atoms. The minimum atomic E-state index is -5.74. The Morgan fingerprint density at radius 2 is 1.90 bits per heavy atom. The van der Waals surface area contributed by atoms with Crippen molar-refractivity contribution in [2.45, 2.75) is 37.4 Å². The highest BCUT2D eigenvalue weighted by Gasteiger charge is 2.57. The maximum absolute atomic E-state index is 14.8. The highest BCUT2D eigenvalue weighted by molar-refractivity contribution is 7.66. The molecule has 178 valence electrons. The van der Waals surface area contributed by atoms with E-state index in [1.807, 2.05) is 0 Å². The number of phosphoric ester groups is 1. The Morgan fingerprint density at radius 3 is 2.42 bits per heavy atom. The molecule has 7 N–H and O–H groups in total.